The molecule has 1 rings (SSSR count). The predicted molar refractivity (Wildman–Crippen MR) is 61.2 cm³/mol. The topological polar surface area (TPSA) is 50.9 Å². The lowest BCUT2D eigenvalue weighted by molar-refractivity contribution is 0.404. The molecule has 0 aliphatic carbocycles. The molecule has 1 aromatic rings. The molecule has 0 saturated carbocycles. The first-order valence-electron chi connectivity index (χ1n) is 4.93. The summed E-state index contributed by atoms with van der Waals surface area (Å²) < 4.78 is 0. The lowest BCUT2D eigenvalue weighted by Gasteiger charge is -2.17. The van der Waals surface area contributed by atoms with Crippen LogP contribution in [0.2, 0.25) is 0 Å². The van der Waals surface area contributed by atoms with E-state index in [1.54, 1.807) is 11.3 Å². The second kappa shape index (κ2) is 4.87. The van der Waals surface area contributed by atoms with Crippen LogP contribution in [0.3, 0.4) is 0 Å². The molecule has 1 heterocycles. The Kier molecular flexibility index (Phi) is 4.04. The molecule has 3 N–H and O–H groups in total. The zero-order chi connectivity index (χ0) is 10.7. The highest BCUT2D eigenvalue weighted by molar-refractivity contribution is 7.11. The SMILES string of the molecule is Cc1nc(CC(NN)C(C)C)sc1C. The minimum absolute atomic E-state index is 0.319. The van der Waals surface area contributed by atoms with Crippen molar-refractivity contribution in [3.63, 3.8) is 0 Å². The number of hydrogen-bond acceptors (Lipinski definition) is 4. The highest BCUT2D eigenvalue weighted by Gasteiger charge is 2.14. The number of nitrogens with zero attached hydrogens (tertiary/aromatic N) is 1. The lowest BCUT2D eigenvalue weighted by Crippen LogP contribution is -2.40. The predicted octanol–water partition coefficient (Wildman–Crippen LogP) is 1.79. The second-order valence-corrected chi connectivity index (χ2v) is 5.26. The monoisotopic (exact) mass is 213 g/mol. The van der Waals surface area contributed by atoms with E-state index in [2.05, 4.69) is 38.1 Å². The molecule has 0 spiro atoms. The van der Waals surface area contributed by atoms with E-state index in [9.17, 15) is 0 Å². The smallest absolute Gasteiger partial charge is 0.0947 e. The van der Waals surface area contributed by atoms with Crippen LogP contribution in [0.15, 0.2) is 0 Å². The first kappa shape index (κ1) is 11.6. The van der Waals surface area contributed by atoms with Crippen molar-refractivity contribution in [3.05, 3.63) is 15.6 Å². The van der Waals surface area contributed by atoms with Crippen molar-refractivity contribution in [3.8, 4) is 0 Å². The van der Waals surface area contributed by atoms with Crippen molar-refractivity contribution >= 4 is 11.3 Å². The highest BCUT2D eigenvalue weighted by atomic mass is 32.1. The summed E-state index contributed by atoms with van der Waals surface area (Å²) in [6.07, 6.45) is 0.924. The molecule has 1 aromatic heterocycles. The van der Waals surface area contributed by atoms with Gasteiger partial charge in [-0.05, 0) is 19.8 Å². The fraction of sp³-hybridized carbons (Fsp3) is 0.700. The minimum Gasteiger partial charge on any atom is -0.271 e. The molecule has 4 heteroatoms. The number of hydrogen-bond donors (Lipinski definition) is 2. The lowest BCUT2D eigenvalue weighted by atomic mass is 10.0. The van der Waals surface area contributed by atoms with Gasteiger partial charge in [-0.1, -0.05) is 13.8 Å². The third-order valence-corrected chi connectivity index (χ3v) is 3.58. The van der Waals surface area contributed by atoms with Crippen molar-refractivity contribution in [2.75, 3.05) is 0 Å². The van der Waals surface area contributed by atoms with Gasteiger partial charge in [0.1, 0.15) is 0 Å². The van der Waals surface area contributed by atoms with E-state index >= 15 is 0 Å². The van der Waals surface area contributed by atoms with E-state index in [1.807, 2.05) is 0 Å². The Bertz CT molecular complexity index is 274. The van der Waals surface area contributed by atoms with Gasteiger partial charge >= 0.3 is 0 Å². The van der Waals surface area contributed by atoms with Crippen LogP contribution >= 0.6 is 11.3 Å². The number of hydrazine groups is 1. The second-order valence-electron chi connectivity index (χ2n) is 3.97. The van der Waals surface area contributed by atoms with Gasteiger partial charge in [-0.2, -0.15) is 0 Å². The molecule has 0 amide bonds. The third-order valence-electron chi connectivity index (χ3n) is 2.49. The molecule has 1 unspecified atom stereocenters. The first-order chi connectivity index (χ1) is 6.54. The molecule has 0 radical (unpaired) electrons. The van der Waals surface area contributed by atoms with E-state index in [4.69, 9.17) is 5.84 Å². The van der Waals surface area contributed by atoms with Crippen LogP contribution < -0.4 is 11.3 Å². The standard InChI is InChI=1S/C10H19N3S/c1-6(2)9(13-11)5-10-12-7(3)8(4)14-10/h6,9,13H,5,11H2,1-4H3. The maximum atomic E-state index is 5.49. The summed E-state index contributed by atoms with van der Waals surface area (Å²) in [6.45, 7) is 8.49. The summed E-state index contributed by atoms with van der Waals surface area (Å²) >= 11 is 1.77. The maximum Gasteiger partial charge on any atom is 0.0947 e. The summed E-state index contributed by atoms with van der Waals surface area (Å²) in [7, 11) is 0. The normalized spacial score (nSPS) is 13.6. The van der Waals surface area contributed by atoms with Crippen molar-refractivity contribution in [1.82, 2.24) is 10.4 Å². The largest absolute Gasteiger partial charge is 0.271 e. The average molecular weight is 213 g/mol. The van der Waals surface area contributed by atoms with Gasteiger partial charge in [0.25, 0.3) is 0 Å². The van der Waals surface area contributed by atoms with Gasteiger partial charge in [0.15, 0.2) is 0 Å². The molecule has 14 heavy (non-hydrogen) atoms. The van der Waals surface area contributed by atoms with Crippen molar-refractivity contribution in [2.24, 2.45) is 11.8 Å². The van der Waals surface area contributed by atoms with E-state index in [1.165, 1.54) is 9.88 Å². The summed E-state index contributed by atoms with van der Waals surface area (Å²) in [6, 6.07) is 0.319. The van der Waals surface area contributed by atoms with Crippen LogP contribution in [-0.4, -0.2) is 11.0 Å². The molecule has 0 aliphatic heterocycles. The number of aromatic nitrogens is 1. The summed E-state index contributed by atoms with van der Waals surface area (Å²) in [4.78, 5) is 5.81. The third kappa shape index (κ3) is 2.77. The molecule has 0 aliphatic rings. The molecule has 80 valence electrons. The van der Waals surface area contributed by atoms with Gasteiger partial charge in [-0.15, -0.1) is 11.3 Å². The van der Waals surface area contributed by atoms with Crippen LogP contribution in [0.25, 0.3) is 0 Å². The zero-order valence-electron chi connectivity index (χ0n) is 9.29. The molecule has 0 saturated heterocycles. The van der Waals surface area contributed by atoms with Crippen molar-refractivity contribution in [2.45, 2.75) is 40.2 Å². The van der Waals surface area contributed by atoms with Crippen LogP contribution in [-0.2, 0) is 6.42 Å². The number of nitrogens with one attached hydrogen (secondary N) is 1. The Labute approximate surface area is 89.7 Å². The van der Waals surface area contributed by atoms with Gasteiger partial charge in [0, 0.05) is 17.3 Å². The van der Waals surface area contributed by atoms with Crippen LogP contribution in [0.1, 0.15) is 29.4 Å². The number of rotatable bonds is 4. The van der Waals surface area contributed by atoms with Gasteiger partial charge in [-0.3, -0.25) is 11.3 Å². The molecular formula is C10H19N3S. The Morgan fingerprint density at radius 3 is 2.43 bits per heavy atom. The number of thiazole rings is 1. The van der Waals surface area contributed by atoms with Crippen molar-refractivity contribution in [1.29, 1.82) is 0 Å². The van der Waals surface area contributed by atoms with Gasteiger partial charge in [0.05, 0.1) is 10.7 Å². The number of nitrogens with two attached hydrogens (primary N) is 1. The minimum atomic E-state index is 0.319. The van der Waals surface area contributed by atoms with Crippen molar-refractivity contribution < 1.29 is 0 Å². The Morgan fingerprint density at radius 1 is 1.43 bits per heavy atom. The number of aryl methyl sites for hydroxylation is 2. The fourth-order valence-corrected chi connectivity index (χ4v) is 2.29. The van der Waals surface area contributed by atoms with Crippen LogP contribution in [0.4, 0.5) is 0 Å². The molecule has 0 aromatic carbocycles. The highest BCUT2D eigenvalue weighted by Crippen LogP contribution is 2.19. The first-order valence-corrected chi connectivity index (χ1v) is 5.75. The molecular weight excluding hydrogens is 194 g/mol. The van der Waals surface area contributed by atoms with Gasteiger partial charge < -0.3 is 0 Å². The Morgan fingerprint density at radius 2 is 2.07 bits per heavy atom. The van der Waals surface area contributed by atoms with Crippen LogP contribution in [0, 0.1) is 19.8 Å². The van der Waals surface area contributed by atoms with E-state index < -0.39 is 0 Å². The molecule has 1 atom stereocenters. The average Bonchev–Trinajstić information content (AvgIpc) is 2.41. The molecule has 3 nitrogen and oxygen atoms in total. The van der Waals surface area contributed by atoms with E-state index in [0.29, 0.717) is 12.0 Å². The van der Waals surface area contributed by atoms with Gasteiger partial charge in [-0.25, -0.2) is 4.98 Å². The zero-order valence-corrected chi connectivity index (χ0v) is 10.1. The van der Waals surface area contributed by atoms with E-state index in [0.717, 1.165) is 12.1 Å². The molecule has 0 bridgehead atoms. The summed E-state index contributed by atoms with van der Waals surface area (Å²) in [5, 5.41) is 1.18. The Balaban J connectivity index is 2.67. The van der Waals surface area contributed by atoms with E-state index in [-0.39, 0.29) is 0 Å². The summed E-state index contributed by atoms with van der Waals surface area (Å²) in [5.41, 5.74) is 3.99. The quantitative estimate of drug-likeness (QED) is 0.592. The molecule has 0 fully saturated rings. The fourth-order valence-electron chi connectivity index (χ4n) is 1.30. The van der Waals surface area contributed by atoms with Crippen LogP contribution in [0.5, 0.6) is 0 Å². The Hall–Kier alpha value is -0.450. The maximum absolute atomic E-state index is 5.49. The van der Waals surface area contributed by atoms with Gasteiger partial charge in [0.2, 0.25) is 0 Å². The summed E-state index contributed by atoms with van der Waals surface area (Å²) in [5.74, 6) is 6.03.